The average molecular weight is 269 g/mol. The minimum Gasteiger partial charge on any atom is -0.347 e. The molecule has 0 aromatic carbocycles. The summed E-state index contributed by atoms with van der Waals surface area (Å²) in [5.41, 5.74) is 0. The molecule has 0 bridgehead atoms. The molecule has 1 unspecified atom stereocenters. The fourth-order valence-corrected chi connectivity index (χ4v) is 2.31. The minimum absolute atomic E-state index is 0.0222. The fraction of sp³-hybridized carbons (Fsp3) is 0.857. The van der Waals surface area contributed by atoms with Gasteiger partial charge >= 0.3 is 0 Å². The molecule has 110 valence electrons. The van der Waals surface area contributed by atoms with E-state index in [-0.39, 0.29) is 18.4 Å². The van der Waals surface area contributed by atoms with Gasteiger partial charge in [-0.15, -0.1) is 0 Å². The largest absolute Gasteiger partial charge is 0.347 e. The second kappa shape index (κ2) is 8.15. The normalized spacial score (nSPS) is 19.0. The Morgan fingerprint density at radius 3 is 2.47 bits per heavy atom. The number of amides is 2. The van der Waals surface area contributed by atoms with Gasteiger partial charge in [0.15, 0.2) is 0 Å². The van der Waals surface area contributed by atoms with Gasteiger partial charge in [0.2, 0.25) is 11.8 Å². The maximum absolute atomic E-state index is 12.1. The van der Waals surface area contributed by atoms with E-state index in [1.807, 2.05) is 6.92 Å². The van der Waals surface area contributed by atoms with E-state index in [0.29, 0.717) is 19.0 Å². The first kappa shape index (κ1) is 16.0. The first-order valence-corrected chi connectivity index (χ1v) is 7.26. The molecule has 0 aromatic rings. The zero-order chi connectivity index (χ0) is 14.3. The molecule has 5 nitrogen and oxygen atoms in total. The molecule has 1 rings (SSSR count). The van der Waals surface area contributed by atoms with E-state index in [1.165, 1.54) is 17.7 Å². The number of rotatable bonds is 6. The Labute approximate surface area is 116 Å². The van der Waals surface area contributed by atoms with Gasteiger partial charge in [0.1, 0.15) is 0 Å². The Morgan fingerprint density at radius 2 is 1.95 bits per heavy atom. The second-order valence-electron chi connectivity index (χ2n) is 5.38. The van der Waals surface area contributed by atoms with Crippen LogP contribution in [0.1, 0.15) is 39.0 Å². The van der Waals surface area contributed by atoms with Gasteiger partial charge in [0.05, 0.1) is 6.54 Å². The summed E-state index contributed by atoms with van der Waals surface area (Å²) in [5.74, 6) is 0.0658. The summed E-state index contributed by atoms with van der Waals surface area (Å²) in [4.78, 5) is 26.9. The molecule has 0 saturated carbocycles. The van der Waals surface area contributed by atoms with Crippen LogP contribution in [0.15, 0.2) is 0 Å². The fourth-order valence-electron chi connectivity index (χ4n) is 2.31. The molecule has 0 radical (unpaired) electrons. The van der Waals surface area contributed by atoms with Crippen molar-refractivity contribution in [2.75, 3.05) is 33.7 Å². The van der Waals surface area contributed by atoms with E-state index in [0.717, 1.165) is 19.4 Å². The van der Waals surface area contributed by atoms with Crippen LogP contribution in [0.5, 0.6) is 0 Å². The van der Waals surface area contributed by atoms with Crippen molar-refractivity contribution in [2.45, 2.75) is 45.1 Å². The van der Waals surface area contributed by atoms with Gasteiger partial charge in [-0.3, -0.25) is 9.59 Å². The predicted octanol–water partition coefficient (Wildman–Crippen LogP) is 0.845. The highest BCUT2D eigenvalue weighted by Crippen LogP contribution is 2.12. The van der Waals surface area contributed by atoms with Crippen LogP contribution in [-0.2, 0) is 9.59 Å². The standard InChI is InChI=1S/C14H27N3O2/c1-4-17(11-14(19)16(2)3)13(18)9-8-12-7-5-6-10-15-12/h12,15H,4-11H2,1-3H3. The Hall–Kier alpha value is -1.10. The second-order valence-corrected chi connectivity index (χ2v) is 5.38. The van der Waals surface area contributed by atoms with E-state index >= 15 is 0 Å². The Morgan fingerprint density at radius 1 is 1.21 bits per heavy atom. The van der Waals surface area contributed by atoms with Crippen LogP contribution >= 0.6 is 0 Å². The van der Waals surface area contributed by atoms with Crippen molar-refractivity contribution >= 4 is 11.8 Å². The van der Waals surface area contributed by atoms with Gasteiger partial charge in [-0.25, -0.2) is 0 Å². The molecule has 5 heteroatoms. The number of piperidine rings is 1. The van der Waals surface area contributed by atoms with Crippen LogP contribution in [0.2, 0.25) is 0 Å². The van der Waals surface area contributed by atoms with Crippen molar-refractivity contribution in [1.29, 1.82) is 0 Å². The van der Waals surface area contributed by atoms with Crippen LogP contribution in [0.4, 0.5) is 0 Å². The first-order valence-electron chi connectivity index (χ1n) is 7.26. The van der Waals surface area contributed by atoms with Crippen LogP contribution in [-0.4, -0.2) is 61.4 Å². The molecule has 1 heterocycles. The number of nitrogens with one attached hydrogen (secondary N) is 1. The lowest BCUT2D eigenvalue weighted by Crippen LogP contribution is -2.41. The quantitative estimate of drug-likeness (QED) is 0.777. The molecule has 1 saturated heterocycles. The highest BCUT2D eigenvalue weighted by Gasteiger charge is 2.19. The van der Waals surface area contributed by atoms with Gasteiger partial charge in [0, 0.05) is 33.1 Å². The smallest absolute Gasteiger partial charge is 0.241 e. The third-order valence-corrected chi connectivity index (χ3v) is 3.68. The van der Waals surface area contributed by atoms with E-state index < -0.39 is 0 Å². The number of carbonyl (C=O) groups is 2. The lowest BCUT2D eigenvalue weighted by molar-refractivity contribution is -0.139. The molecule has 0 aromatic heterocycles. The van der Waals surface area contributed by atoms with Crippen molar-refractivity contribution in [3.63, 3.8) is 0 Å². The van der Waals surface area contributed by atoms with Gasteiger partial charge in [0.25, 0.3) is 0 Å². The lowest BCUT2D eigenvalue weighted by Gasteiger charge is -2.26. The van der Waals surface area contributed by atoms with Gasteiger partial charge in [-0.1, -0.05) is 6.42 Å². The van der Waals surface area contributed by atoms with Crippen LogP contribution < -0.4 is 5.32 Å². The lowest BCUT2D eigenvalue weighted by atomic mass is 10.0. The van der Waals surface area contributed by atoms with Crippen LogP contribution in [0.3, 0.4) is 0 Å². The summed E-state index contributed by atoms with van der Waals surface area (Å²) < 4.78 is 0. The zero-order valence-electron chi connectivity index (χ0n) is 12.4. The summed E-state index contributed by atoms with van der Waals surface area (Å²) in [7, 11) is 3.43. The number of hydrogen-bond acceptors (Lipinski definition) is 3. The third kappa shape index (κ3) is 5.59. The van der Waals surface area contributed by atoms with Crippen LogP contribution in [0, 0.1) is 0 Å². The minimum atomic E-state index is -0.0222. The van der Waals surface area contributed by atoms with Crippen molar-refractivity contribution in [3.05, 3.63) is 0 Å². The van der Waals surface area contributed by atoms with Gasteiger partial charge in [-0.2, -0.15) is 0 Å². The Bertz CT molecular complexity index is 299. The maximum atomic E-state index is 12.1. The summed E-state index contributed by atoms with van der Waals surface area (Å²) in [6.45, 7) is 3.77. The third-order valence-electron chi connectivity index (χ3n) is 3.68. The molecule has 19 heavy (non-hydrogen) atoms. The molecule has 1 fully saturated rings. The average Bonchev–Trinajstić information content (AvgIpc) is 2.42. The number of likely N-dealkylation sites (N-methyl/N-ethyl adjacent to an activating group) is 2. The van der Waals surface area contributed by atoms with Gasteiger partial charge in [-0.05, 0) is 32.7 Å². The predicted molar refractivity (Wildman–Crippen MR) is 75.8 cm³/mol. The first-order chi connectivity index (χ1) is 9.04. The molecule has 0 spiro atoms. The van der Waals surface area contributed by atoms with Crippen molar-refractivity contribution in [2.24, 2.45) is 0 Å². The summed E-state index contributed by atoms with van der Waals surface area (Å²) >= 11 is 0. The zero-order valence-corrected chi connectivity index (χ0v) is 12.4. The van der Waals surface area contributed by atoms with Crippen LogP contribution in [0.25, 0.3) is 0 Å². The summed E-state index contributed by atoms with van der Waals surface area (Å²) in [5, 5.41) is 3.44. The number of carbonyl (C=O) groups excluding carboxylic acids is 2. The van der Waals surface area contributed by atoms with Crippen molar-refractivity contribution < 1.29 is 9.59 Å². The SMILES string of the molecule is CCN(CC(=O)N(C)C)C(=O)CCC1CCCCN1. The van der Waals surface area contributed by atoms with E-state index in [4.69, 9.17) is 0 Å². The molecular weight excluding hydrogens is 242 g/mol. The Kier molecular flexibility index (Phi) is 6.84. The highest BCUT2D eigenvalue weighted by atomic mass is 16.2. The summed E-state index contributed by atoms with van der Waals surface area (Å²) in [6.07, 6.45) is 5.07. The summed E-state index contributed by atoms with van der Waals surface area (Å²) in [6, 6.07) is 0.473. The topological polar surface area (TPSA) is 52.7 Å². The van der Waals surface area contributed by atoms with Crippen molar-refractivity contribution in [1.82, 2.24) is 15.1 Å². The monoisotopic (exact) mass is 269 g/mol. The molecule has 1 N–H and O–H groups in total. The highest BCUT2D eigenvalue weighted by molar-refractivity contribution is 5.84. The molecule has 0 aliphatic carbocycles. The van der Waals surface area contributed by atoms with E-state index in [9.17, 15) is 9.59 Å². The van der Waals surface area contributed by atoms with E-state index in [2.05, 4.69) is 5.32 Å². The van der Waals surface area contributed by atoms with Crippen molar-refractivity contribution in [3.8, 4) is 0 Å². The molecule has 1 atom stereocenters. The molecule has 2 amide bonds. The molecular formula is C14H27N3O2. The molecule has 1 aliphatic rings. The Balaban J connectivity index is 2.34. The van der Waals surface area contributed by atoms with Gasteiger partial charge < -0.3 is 15.1 Å². The number of nitrogens with zero attached hydrogens (tertiary/aromatic N) is 2. The van der Waals surface area contributed by atoms with E-state index in [1.54, 1.807) is 19.0 Å². The molecule has 1 aliphatic heterocycles. The number of hydrogen-bond donors (Lipinski definition) is 1. The maximum Gasteiger partial charge on any atom is 0.241 e.